The average Bonchev–Trinajstić information content (AvgIpc) is 2.35. The third-order valence-corrected chi connectivity index (χ3v) is 4.63. The summed E-state index contributed by atoms with van der Waals surface area (Å²) in [6.45, 7) is 6.96. The molecule has 0 aromatic heterocycles. The third kappa shape index (κ3) is 2.01. The van der Waals surface area contributed by atoms with Crippen molar-refractivity contribution in [1.82, 2.24) is 0 Å². The van der Waals surface area contributed by atoms with Gasteiger partial charge in [0.05, 0.1) is 0 Å². The van der Waals surface area contributed by atoms with Gasteiger partial charge in [0.25, 0.3) is 0 Å². The van der Waals surface area contributed by atoms with E-state index in [1.165, 1.54) is 34.1 Å². The first-order valence-corrected chi connectivity index (χ1v) is 7.73. The summed E-state index contributed by atoms with van der Waals surface area (Å²) in [5.74, 6) is 0. The monoisotopic (exact) mass is 278 g/mol. The molecule has 0 saturated carbocycles. The first-order chi connectivity index (χ1) is 9.96. The van der Waals surface area contributed by atoms with Gasteiger partial charge < -0.3 is 10.6 Å². The standard InChI is InChI=1S/C19H22N2/c1-13-10-18(2,3)12-19(11-13)20-15-8-4-6-14-7-5-9-16(21-19)17(14)15/h4-9,11,20-21H,10,12H2,1-3H3. The van der Waals surface area contributed by atoms with Crippen LogP contribution < -0.4 is 10.6 Å². The molecule has 2 heteroatoms. The number of anilines is 2. The van der Waals surface area contributed by atoms with Crippen molar-refractivity contribution < 1.29 is 0 Å². The zero-order valence-corrected chi connectivity index (χ0v) is 13.0. The molecule has 0 saturated heterocycles. The fourth-order valence-electron chi connectivity index (χ4n) is 4.32. The normalized spacial score (nSPS) is 21.6. The van der Waals surface area contributed by atoms with Crippen LogP contribution >= 0.6 is 0 Å². The zero-order chi connectivity index (χ0) is 14.7. The van der Waals surface area contributed by atoms with Crippen molar-refractivity contribution in [2.24, 2.45) is 5.41 Å². The van der Waals surface area contributed by atoms with Crippen LogP contribution in [0.2, 0.25) is 0 Å². The molecule has 108 valence electrons. The highest BCUT2D eigenvalue weighted by molar-refractivity contribution is 6.05. The van der Waals surface area contributed by atoms with Crippen LogP contribution in [0.15, 0.2) is 48.0 Å². The summed E-state index contributed by atoms with van der Waals surface area (Å²) in [6, 6.07) is 13.0. The van der Waals surface area contributed by atoms with Gasteiger partial charge in [-0.15, -0.1) is 0 Å². The molecule has 2 N–H and O–H groups in total. The Bertz CT molecular complexity index is 715. The maximum Gasteiger partial charge on any atom is 0.128 e. The Labute approximate surface area is 126 Å². The first kappa shape index (κ1) is 12.8. The molecule has 2 aromatic rings. The molecule has 1 aliphatic heterocycles. The van der Waals surface area contributed by atoms with Crippen molar-refractivity contribution in [1.29, 1.82) is 0 Å². The van der Waals surface area contributed by atoms with E-state index in [0.717, 1.165) is 6.42 Å². The minimum Gasteiger partial charge on any atom is -0.359 e. The second kappa shape index (κ2) is 4.03. The summed E-state index contributed by atoms with van der Waals surface area (Å²) < 4.78 is 0. The lowest BCUT2D eigenvalue weighted by atomic mass is 9.72. The predicted molar refractivity (Wildman–Crippen MR) is 90.7 cm³/mol. The molecule has 2 nitrogen and oxygen atoms in total. The highest BCUT2D eigenvalue weighted by Gasteiger charge is 2.41. The minimum atomic E-state index is -0.158. The molecule has 0 bridgehead atoms. The van der Waals surface area contributed by atoms with Crippen LogP contribution in [0.25, 0.3) is 10.8 Å². The molecule has 0 atom stereocenters. The summed E-state index contributed by atoms with van der Waals surface area (Å²) in [5, 5.41) is 10.1. The largest absolute Gasteiger partial charge is 0.359 e. The van der Waals surface area contributed by atoms with Crippen molar-refractivity contribution in [3.05, 3.63) is 48.0 Å². The zero-order valence-electron chi connectivity index (χ0n) is 13.0. The van der Waals surface area contributed by atoms with Crippen molar-refractivity contribution in [3.8, 4) is 0 Å². The van der Waals surface area contributed by atoms with E-state index in [2.05, 4.69) is 73.9 Å². The number of rotatable bonds is 0. The van der Waals surface area contributed by atoms with Crippen LogP contribution in [0.5, 0.6) is 0 Å². The van der Waals surface area contributed by atoms with Crippen molar-refractivity contribution in [2.75, 3.05) is 10.6 Å². The van der Waals surface area contributed by atoms with E-state index in [-0.39, 0.29) is 5.66 Å². The third-order valence-electron chi connectivity index (χ3n) is 4.63. The fraction of sp³-hybridized carbons (Fsp3) is 0.368. The first-order valence-electron chi connectivity index (χ1n) is 7.73. The number of hydrogen-bond donors (Lipinski definition) is 2. The smallest absolute Gasteiger partial charge is 0.128 e. The maximum atomic E-state index is 3.78. The van der Waals surface area contributed by atoms with Gasteiger partial charge in [-0.2, -0.15) is 0 Å². The Morgan fingerprint density at radius 3 is 2.14 bits per heavy atom. The van der Waals surface area contributed by atoms with Crippen LogP contribution in [0.3, 0.4) is 0 Å². The van der Waals surface area contributed by atoms with Gasteiger partial charge in [-0.25, -0.2) is 0 Å². The quantitative estimate of drug-likeness (QED) is 0.652. The predicted octanol–water partition coefficient (Wildman–Crippen LogP) is 5.14. The second-order valence-electron chi connectivity index (χ2n) is 7.44. The Balaban J connectivity index is 1.89. The summed E-state index contributed by atoms with van der Waals surface area (Å²) in [5.41, 5.74) is 4.08. The van der Waals surface area contributed by atoms with Crippen LogP contribution in [-0.4, -0.2) is 5.66 Å². The molecule has 2 aromatic carbocycles. The maximum absolute atomic E-state index is 3.78. The Hall–Kier alpha value is -1.96. The van der Waals surface area contributed by atoms with Crippen LogP contribution in [-0.2, 0) is 0 Å². The van der Waals surface area contributed by atoms with Crippen molar-refractivity contribution in [2.45, 2.75) is 39.3 Å². The molecular formula is C19H22N2. The molecule has 0 unspecified atom stereocenters. The van der Waals surface area contributed by atoms with Crippen molar-refractivity contribution in [3.63, 3.8) is 0 Å². The lowest BCUT2D eigenvalue weighted by Crippen LogP contribution is -2.51. The highest BCUT2D eigenvalue weighted by Crippen LogP contribution is 2.46. The summed E-state index contributed by atoms with van der Waals surface area (Å²) in [7, 11) is 0. The topological polar surface area (TPSA) is 24.1 Å². The van der Waals surface area contributed by atoms with Gasteiger partial charge in [0.1, 0.15) is 5.66 Å². The fourth-order valence-corrected chi connectivity index (χ4v) is 4.32. The van der Waals surface area contributed by atoms with Crippen LogP contribution in [0, 0.1) is 5.41 Å². The van der Waals surface area contributed by atoms with Crippen LogP contribution in [0.4, 0.5) is 11.4 Å². The van der Waals surface area contributed by atoms with Gasteiger partial charge >= 0.3 is 0 Å². The Morgan fingerprint density at radius 2 is 1.57 bits per heavy atom. The van der Waals surface area contributed by atoms with E-state index in [4.69, 9.17) is 0 Å². The molecule has 1 spiro atoms. The SMILES string of the molecule is CC1=CC2(CC(C)(C)C1)Nc1cccc3cccc(c13)N2. The van der Waals surface area contributed by atoms with Crippen molar-refractivity contribution >= 4 is 22.1 Å². The van der Waals surface area contributed by atoms with Gasteiger partial charge in [-0.05, 0) is 48.8 Å². The Kier molecular flexibility index (Phi) is 2.45. The lowest BCUT2D eigenvalue weighted by Gasteiger charge is -2.47. The summed E-state index contributed by atoms with van der Waals surface area (Å²) in [6.07, 6.45) is 4.64. The molecular weight excluding hydrogens is 256 g/mol. The average molecular weight is 278 g/mol. The van der Waals surface area contributed by atoms with E-state index in [1.54, 1.807) is 0 Å². The van der Waals surface area contributed by atoms with Gasteiger partial charge in [0.2, 0.25) is 0 Å². The molecule has 1 aliphatic carbocycles. The van der Waals surface area contributed by atoms with E-state index in [1.807, 2.05) is 0 Å². The molecule has 0 radical (unpaired) electrons. The summed E-state index contributed by atoms with van der Waals surface area (Å²) >= 11 is 0. The van der Waals surface area contributed by atoms with E-state index >= 15 is 0 Å². The molecule has 1 heterocycles. The number of hydrogen-bond acceptors (Lipinski definition) is 2. The van der Waals surface area contributed by atoms with Gasteiger partial charge in [0.15, 0.2) is 0 Å². The molecule has 2 aliphatic rings. The van der Waals surface area contributed by atoms with Gasteiger partial charge in [-0.1, -0.05) is 43.7 Å². The van der Waals surface area contributed by atoms with E-state index in [0.29, 0.717) is 5.41 Å². The van der Waals surface area contributed by atoms with Gasteiger partial charge in [0, 0.05) is 16.8 Å². The van der Waals surface area contributed by atoms with E-state index in [9.17, 15) is 0 Å². The molecule has 21 heavy (non-hydrogen) atoms. The van der Waals surface area contributed by atoms with Crippen LogP contribution in [0.1, 0.15) is 33.6 Å². The number of allylic oxidation sites excluding steroid dienone is 1. The second-order valence-corrected chi connectivity index (χ2v) is 7.44. The van der Waals surface area contributed by atoms with Gasteiger partial charge in [-0.3, -0.25) is 0 Å². The molecule has 0 amide bonds. The molecule has 0 fully saturated rings. The lowest BCUT2D eigenvalue weighted by molar-refractivity contribution is 0.271. The number of nitrogens with one attached hydrogen (secondary N) is 2. The summed E-state index contributed by atoms with van der Waals surface area (Å²) in [4.78, 5) is 0. The molecule has 4 rings (SSSR count). The number of benzene rings is 2. The minimum absolute atomic E-state index is 0.158. The van der Waals surface area contributed by atoms with E-state index < -0.39 is 0 Å². The highest BCUT2D eigenvalue weighted by atomic mass is 15.2. The Morgan fingerprint density at radius 1 is 0.952 bits per heavy atom.